The molecule has 20 nitrogen and oxygen atoms in total. The Labute approximate surface area is 832 Å². The second-order valence-electron chi connectivity index (χ2n) is 35.6. The number of thioether (sulfide) groups is 1. The molecule has 13 aromatic carbocycles. The van der Waals surface area contributed by atoms with Gasteiger partial charge in [-0.3, -0.25) is 0 Å². The summed E-state index contributed by atoms with van der Waals surface area (Å²) < 4.78 is 27.4. The standard InChI is InChI=1S/C22H17BClNOS.C22H22BNO.C19H16BClN2OS.C16H19BN4O.C15H13BN4O2.C15H16BNO/c24-16-7-9-21-19(12-16)22(27-18-4-2-1-3-5-18)14-25(21)17-8-6-15-10-11-23(26)20(15)13-17;1-23-22-14-21(13-12-20(22)17-25-23)24(15-18-8-4-2-5-9-18)16-19-10-6-3-7-11-19;21-14-3-5-18-16(10-14)19(25-9-1-8-22)12-23(18)15-4-2-13-6-7-20(24)17(13)11-15;22-17-5-4-13-2-3-14(12-15(13)17)20-8-10-21(11-9-20)16-18-6-1-7-19-16;1-16-14-11(9-21-16)3-2-4-13(14)22-12-7-5-10(6-8-12)15-17-19-20-18-15;1-16-15-9-14(8-7-13(15)11-18-16)17-10-12-5-3-2-4-6-12/h1-9,12-14,26H,10-11H2;2-14H,15-17H2,1H3;2-5,10-12,24H,1,6-7,9H2;1-3,6-7,12,22H,4-5,8-11H2;2-8H,9H2,1H3,(H,17,18,19,20);2-9,17H,10-11H2,1H3. The molecule has 0 bridgehead atoms. The highest BCUT2D eigenvalue weighted by molar-refractivity contribution is 7.99. The van der Waals surface area contributed by atoms with Crippen molar-refractivity contribution in [3.05, 3.63) is 382 Å². The Morgan fingerprint density at radius 3 is 1.58 bits per heavy atom. The lowest BCUT2D eigenvalue weighted by Crippen LogP contribution is -2.47. The first-order valence-electron chi connectivity index (χ1n) is 47.5. The van der Waals surface area contributed by atoms with Crippen LogP contribution < -0.4 is 57.5 Å². The number of benzene rings is 13. The monoisotopic (exact) mass is 1910 g/mol. The molecular formula is C109H103B6Cl2N13O7S2. The maximum atomic E-state index is 10.3. The molecule has 0 saturated carbocycles. The number of rotatable bonds is 20. The lowest BCUT2D eigenvalue weighted by molar-refractivity contribution is 0.333. The fourth-order valence-electron chi connectivity index (χ4n) is 19.0. The molecular weight excluding hydrogens is 1800 g/mol. The third-order valence-electron chi connectivity index (χ3n) is 26.5. The summed E-state index contributed by atoms with van der Waals surface area (Å²) >= 11 is 15.9. The highest BCUT2D eigenvalue weighted by atomic mass is 35.5. The summed E-state index contributed by atoms with van der Waals surface area (Å²) in [6.07, 6.45) is 13.7. The number of aromatic amines is 1. The zero-order valence-corrected chi connectivity index (χ0v) is 80.9. The highest BCUT2D eigenvalue weighted by Gasteiger charge is 2.33. The first-order valence-corrected chi connectivity index (χ1v) is 50.0. The molecule has 139 heavy (non-hydrogen) atoms. The number of hydrogen-bond acceptors (Lipinski definition) is 19. The second kappa shape index (κ2) is 44.9. The Morgan fingerprint density at radius 2 is 1.00 bits per heavy atom. The number of piperazine rings is 1. The Morgan fingerprint density at radius 1 is 0.489 bits per heavy atom. The summed E-state index contributed by atoms with van der Waals surface area (Å²) in [4.78, 5) is 19.2. The van der Waals surface area contributed by atoms with Gasteiger partial charge in [0.05, 0.1) is 36.9 Å². The normalized spacial score (nSPS) is 13.9. The third-order valence-corrected chi connectivity index (χ3v) is 29.0. The third kappa shape index (κ3) is 23.0. The first-order chi connectivity index (χ1) is 68.1. The molecule has 7 aliphatic rings. The van der Waals surface area contributed by atoms with Crippen LogP contribution >= 0.6 is 46.7 Å². The predicted molar refractivity (Wildman–Crippen MR) is 573 cm³/mol. The highest BCUT2D eigenvalue weighted by Crippen LogP contribution is 2.40. The van der Waals surface area contributed by atoms with Gasteiger partial charge in [0.25, 0.3) is 0 Å². The first kappa shape index (κ1) is 95.0. The van der Waals surface area contributed by atoms with Gasteiger partial charge in [0, 0.05) is 152 Å². The summed E-state index contributed by atoms with van der Waals surface area (Å²) in [5, 5.41) is 60.3. The lowest BCUT2D eigenvalue weighted by Gasteiger charge is -2.36. The van der Waals surface area contributed by atoms with E-state index in [0.29, 0.717) is 23.9 Å². The number of nitrogens with zero attached hydrogens (tertiary/aromatic N) is 11. The SMILES string of the molecule is CB1OCc2ccc(N(Cc3ccccc3)Cc3ccccc3)cc21.CB1OCc2ccc(NCc3ccccc3)cc21.CB1OCc2cccc(Oc3ccc(-c4nn[nH]n4)cc3)c21.N#CCCSc1cn(-c2ccc3c(c2)B(O)CC3)c2ccc(Cl)cc12.OB1CCc2ccc(-n3cc(Sc4ccccc4)c4cc(Cl)ccc43)cc21.OB1CCc2ccc(N3CCN(c4ncccn4)CC3)cc21. The number of anilines is 4. The number of nitriles is 1. The number of H-pyrrole nitrogens is 1. The molecule has 0 spiro atoms. The van der Waals surface area contributed by atoms with Crippen molar-refractivity contribution in [1.29, 1.82) is 5.26 Å². The number of aromatic nitrogens is 8. The van der Waals surface area contributed by atoms with E-state index in [1.807, 2.05) is 91.8 Å². The van der Waals surface area contributed by atoms with E-state index in [2.05, 4.69) is 304 Å². The number of halogens is 2. The number of fused-ring (bicyclic) bond motifs is 8. The van der Waals surface area contributed by atoms with Crippen LogP contribution in [-0.4, -0.2) is 128 Å². The summed E-state index contributed by atoms with van der Waals surface area (Å²) in [5.41, 5.74) is 27.3. The van der Waals surface area contributed by atoms with Gasteiger partial charge >= 0.3 is 41.5 Å². The molecule has 30 heteroatoms. The van der Waals surface area contributed by atoms with Gasteiger partial charge in [-0.25, -0.2) is 9.97 Å². The predicted octanol–water partition coefficient (Wildman–Crippen LogP) is 18.7. The number of hydrogen-bond donors (Lipinski definition) is 5. The van der Waals surface area contributed by atoms with Gasteiger partial charge in [0.2, 0.25) is 11.8 Å². The minimum absolute atomic E-state index is 0.0600. The van der Waals surface area contributed by atoms with Crippen molar-refractivity contribution in [3.8, 4) is 40.3 Å². The molecule has 24 rings (SSSR count). The summed E-state index contributed by atoms with van der Waals surface area (Å²) in [7, 11) is 0. The van der Waals surface area contributed by atoms with Crippen LogP contribution in [0.4, 0.5) is 23.0 Å². The van der Waals surface area contributed by atoms with Crippen LogP contribution in [0.5, 0.6) is 11.5 Å². The van der Waals surface area contributed by atoms with Crippen molar-refractivity contribution in [2.45, 2.75) is 119 Å². The van der Waals surface area contributed by atoms with Gasteiger partial charge in [-0.15, -0.1) is 22.0 Å². The molecule has 1 fully saturated rings. The smallest absolute Gasteiger partial charge is 0.328 e. The van der Waals surface area contributed by atoms with E-state index in [-0.39, 0.29) is 41.5 Å². The fourth-order valence-corrected chi connectivity index (χ4v) is 21.3. The van der Waals surface area contributed by atoms with E-state index in [4.69, 9.17) is 47.2 Å². The van der Waals surface area contributed by atoms with E-state index in [9.17, 15) is 15.1 Å². The molecule has 0 radical (unpaired) electrons. The van der Waals surface area contributed by atoms with Crippen LogP contribution in [0.15, 0.2) is 337 Å². The van der Waals surface area contributed by atoms with E-state index in [0.717, 1.165) is 197 Å². The van der Waals surface area contributed by atoms with Crippen LogP contribution in [0.2, 0.25) is 49.5 Å². The average molecular weight is 1910 g/mol. The molecule has 11 heterocycles. The summed E-state index contributed by atoms with van der Waals surface area (Å²) in [6.45, 7) is 14.2. The lowest BCUT2D eigenvalue weighted by atomic mass is 9.63. The minimum Gasteiger partial charge on any atom is -0.458 e. The van der Waals surface area contributed by atoms with Crippen molar-refractivity contribution >= 4 is 166 Å². The molecule has 4 aromatic heterocycles. The molecule has 0 unspecified atom stereocenters. The second-order valence-corrected chi connectivity index (χ2v) is 38.7. The Balaban J connectivity index is 0.000000107. The number of ether oxygens (including phenoxy) is 1. The molecule has 5 N–H and O–H groups in total. The molecule has 7 aliphatic heterocycles. The zero-order valence-electron chi connectivity index (χ0n) is 77.8. The zero-order chi connectivity index (χ0) is 95.1. The van der Waals surface area contributed by atoms with Crippen molar-refractivity contribution < 1.29 is 33.8 Å². The summed E-state index contributed by atoms with van der Waals surface area (Å²) in [5.74, 6) is 3.74. The largest absolute Gasteiger partial charge is 0.458 e. The van der Waals surface area contributed by atoms with E-state index in [1.165, 1.54) is 82.2 Å². The minimum atomic E-state index is -0.365. The van der Waals surface area contributed by atoms with Crippen molar-refractivity contribution in [2.75, 3.05) is 51.9 Å². The van der Waals surface area contributed by atoms with Gasteiger partial charge in [-0.1, -0.05) is 224 Å². The van der Waals surface area contributed by atoms with Crippen molar-refractivity contribution in [2.24, 2.45) is 0 Å². The van der Waals surface area contributed by atoms with Crippen molar-refractivity contribution in [1.82, 2.24) is 39.7 Å². The number of tetrazole rings is 1. The van der Waals surface area contributed by atoms with Gasteiger partial charge in [-0.2, -0.15) is 10.5 Å². The van der Waals surface area contributed by atoms with E-state index < -0.39 is 0 Å². The van der Waals surface area contributed by atoms with Gasteiger partial charge in [0.15, 0.2) is 0 Å². The number of nitrogens with one attached hydrogen (secondary N) is 2. The Bertz CT molecular complexity index is 7090. The summed E-state index contributed by atoms with van der Waals surface area (Å²) in [6, 6.07) is 104. The Hall–Kier alpha value is -13.0. The topological polar surface area (TPSA) is 233 Å². The maximum Gasteiger partial charge on any atom is 0.328 e. The van der Waals surface area contributed by atoms with Crippen molar-refractivity contribution in [3.63, 3.8) is 0 Å². The van der Waals surface area contributed by atoms with Crippen LogP contribution in [0.25, 0.3) is 44.6 Å². The molecule has 17 aromatic rings. The molecule has 0 amide bonds. The van der Waals surface area contributed by atoms with Crippen LogP contribution in [0.1, 0.15) is 56.5 Å². The molecule has 1 saturated heterocycles. The molecule has 0 aliphatic carbocycles. The van der Waals surface area contributed by atoms with E-state index >= 15 is 0 Å². The van der Waals surface area contributed by atoms with Gasteiger partial charge in [0.1, 0.15) is 11.5 Å². The number of aryl methyl sites for hydroxylation is 3. The van der Waals surface area contributed by atoms with Gasteiger partial charge in [-0.05, 0) is 255 Å². The van der Waals surface area contributed by atoms with Gasteiger partial charge < -0.3 is 62.9 Å². The van der Waals surface area contributed by atoms with E-state index in [1.54, 1.807) is 35.9 Å². The fraction of sp³-hybridized carbons (Fsp3) is 0.193. The van der Waals surface area contributed by atoms with Crippen LogP contribution in [0.3, 0.4) is 0 Å². The molecule has 0 atom stereocenters. The maximum absolute atomic E-state index is 10.3. The quantitative estimate of drug-likeness (QED) is 0.0271. The van der Waals surface area contributed by atoms with Crippen LogP contribution in [-0.2, 0) is 72.7 Å². The Kier molecular flexibility index (Phi) is 30.6. The average Bonchev–Trinajstić information content (AvgIpc) is 1.61. The van der Waals surface area contributed by atoms with Crippen LogP contribution in [0, 0.1) is 11.3 Å². The molecule has 690 valence electrons.